The smallest absolute Gasteiger partial charge is 0.262 e. The number of piperidine rings is 1. The van der Waals surface area contributed by atoms with Crippen LogP contribution in [0.5, 0.6) is 0 Å². The molecular weight excluding hydrogens is 372 g/mol. The Hall–Kier alpha value is -3.52. The van der Waals surface area contributed by atoms with Crippen molar-refractivity contribution in [2.24, 2.45) is 0 Å². The molecule has 2 aromatic carbocycles. The fourth-order valence-electron chi connectivity index (χ4n) is 3.78. The van der Waals surface area contributed by atoms with Crippen molar-refractivity contribution in [3.8, 4) is 0 Å². The molecule has 2 heterocycles. The highest BCUT2D eigenvalue weighted by Gasteiger charge is 2.45. The van der Waals surface area contributed by atoms with E-state index in [1.54, 1.807) is 24.3 Å². The number of imide groups is 2. The van der Waals surface area contributed by atoms with Gasteiger partial charge in [0.15, 0.2) is 0 Å². The molecule has 0 aromatic heterocycles. The van der Waals surface area contributed by atoms with Gasteiger partial charge in [-0.2, -0.15) is 0 Å². The van der Waals surface area contributed by atoms with Gasteiger partial charge in [-0.05, 0) is 35.7 Å². The number of rotatable bonds is 5. The van der Waals surface area contributed by atoms with Gasteiger partial charge in [0.2, 0.25) is 11.8 Å². The molecule has 2 aromatic rings. The molecule has 2 aliphatic rings. The summed E-state index contributed by atoms with van der Waals surface area (Å²) in [7, 11) is 0. The predicted octanol–water partition coefficient (Wildman–Crippen LogP) is 0.960. The zero-order chi connectivity index (χ0) is 20.5. The van der Waals surface area contributed by atoms with Gasteiger partial charge in [0.1, 0.15) is 6.04 Å². The third-order valence-electron chi connectivity index (χ3n) is 5.15. The van der Waals surface area contributed by atoms with Crippen molar-refractivity contribution in [2.45, 2.75) is 32.0 Å². The van der Waals surface area contributed by atoms with E-state index in [4.69, 9.17) is 5.73 Å². The molecule has 4 N–H and O–H groups in total. The first-order chi connectivity index (χ1) is 14.0. The summed E-state index contributed by atoms with van der Waals surface area (Å²) in [5, 5.41) is 5.46. The number of hydrogen-bond acceptors (Lipinski definition) is 6. The van der Waals surface area contributed by atoms with Gasteiger partial charge in [-0.3, -0.25) is 29.4 Å². The second-order valence-electron chi connectivity index (χ2n) is 7.14. The van der Waals surface area contributed by atoms with Crippen LogP contribution in [0.1, 0.15) is 44.7 Å². The largest absolute Gasteiger partial charge is 0.399 e. The van der Waals surface area contributed by atoms with Crippen LogP contribution in [0.3, 0.4) is 0 Å². The third kappa shape index (κ3) is 3.50. The number of carbonyl (C=O) groups is 4. The van der Waals surface area contributed by atoms with Gasteiger partial charge < -0.3 is 11.1 Å². The lowest BCUT2D eigenvalue weighted by atomic mass is 10.0. The Morgan fingerprint density at radius 2 is 1.83 bits per heavy atom. The van der Waals surface area contributed by atoms with Crippen molar-refractivity contribution < 1.29 is 19.2 Å². The normalized spacial score (nSPS) is 18.8. The number of benzene rings is 2. The number of fused-ring (bicyclic) bond motifs is 1. The average Bonchev–Trinajstić information content (AvgIpc) is 2.94. The van der Waals surface area contributed by atoms with Crippen LogP contribution in [0, 0.1) is 0 Å². The Labute approximate surface area is 167 Å². The van der Waals surface area contributed by atoms with E-state index >= 15 is 0 Å². The summed E-state index contributed by atoms with van der Waals surface area (Å²) in [5.74, 6) is -2.01. The third-order valence-corrected chi connectivity index (χ3v) is 5.15. The number of amides is 4. The summed E-state index contributed by atoms with van der Waals surface area (Å²) in [6, 6.07) is 11.6. The summed E-state index contributed by atoms with van der Waals surface area (Å²) in [4.78, 5) is 50.4. The topological polar surface area (TPSA) is 122 Å². The Morgan fingerprint density at radius 1 is 1.03 bits per heavy atom. The van der Waals surface area contributed by atoms with Crippen LogP contribution in [0.25, 0.3) is 0 Å². The van der Waals surface area contributed by atoms with Gasteiger partial charge in [-0.15, -0.1) is 0 Å². The van der Waals surface area contributed by atoms with Crippen LogP contribution in [0.2, 0.25) is 0 Å². The summed E-state index contributed by atoms with van der Waals surface area (Å²) < 4.78 is 0. The van der Waals surface area contributed by atoms with E-state index in [-0.39, 0.29) is 18.4 Å². The van der Waals surface area contributed by atoms with Crippen LogP contribution < -0.4 is 16.4 Å². The fraction of sp³-hybridized carbons (Fsp3) is 0.238. The maximum Gasteiger partial charge on any atom is 0.262 e. The number of nitrogens with zero attached hydrogens (tertiary/aromatic N) is 1. The SMILES string of the molecule is Nc1cccc(CNCc2cccc3c2C(=O)N(C2CCC(=O)NC2=O)C3=O)c1. The van der Waals surface area contributed by atoms with Gasteiger partial charge in [0, 0.05) is 25.2 Å². The molecule has 1 saturated heterocycles. The lowest BCUT2D eigenvalue weighted by Gasteiger charge is -2.27. The van der Waals surface area contributed by atoms with Crippen molar-refractivity contribution in [1.29, 1.82) is 0 Å². The fourth-order valence-corrected chi connectivity index (χ4v) is 3.78. The van der Waals surface area contributed by atoms with Crippen molar-refractivity contribution in [3.63, 3.8) is 0 Å². The molecule has 148 valence electrons. The van der Waals surface area contributed by atoms with E-state index in [1.165, 1.54) is 0 Å². The first-order valence-electron chi connectivity index (χ1n) is 9.34. The molecule has 29 heavy (non-hydrogen) atoms. The molecule has 1 fully saturated rings. The Balaban J connectivity index is 1.53. The molecule has 0 saturated carbocycles. The molecule has 0 spiro atoms. The van der Waals surface area contributed by atoms with Crippen LogP contribution >= 0.6 is 0 Å². The highest BCUT2D eigenvalue weighted by Crippen LogP contribution is 2.29. The van der Waals surface area contributed by atoms with Gasteiger partial charge >= 0.3 is 0 Å². The maximum atomic E-state index is 13.0. The number of nitrogens with one attached hydrogen (secondary N) is 2. The lowest BCUT2D eigenvalue weighted by molar-refractivity contribution is -0.136. The summed E-state index contributed by atoms with van der Waals surface area (Å²) in [6.07, 6.45) is 0.234. The molecule has 0 bridgehead atoms. The highest BCUT2D eigenvalue weighted by atomic mass is 16.2. The lowest BCUT2D eigenvalue weighted by Crippen LogP contribution is -2.54. The Kier molecular flexibility index (Phi) is 4.85. The molecule has 4 amide bonds. The van der Waals surface area contributed by atoms with Gasteiger partial charge in [-0.25, -0.2) is 0 Å². The molecule has 0 radical (unpaired) electrons. The van der Waals surface area contributed by atoms with Crippen LogP contribution in [0.4, 0.5) is 5.69 Å². The first kappa shape index (κ1) is 18.8. The van der Waals surface area contributed by atoms with E-state index < -0.39 is 29.7 Å². The summed E-state index contributed by atoms with van der Waals surface area (Å²) in [6.45, 7) is 0.924. The molecule has 0 aliphatic carbocycles. The van der Waals surface area contributed by atoms with E-state index in [9.17, 15) is 19.2 Å². The maximum absolute atomic E-state index is 13.0. The molecule has 1 atom stereocenters. The average molecular weight is 392 g/mol. The highest BCUT2D eigenvalue weighted by molar-refractivity contribution is 6.24. The minimum Gasteiger partial charge on any atom is -0.399 e. The standard InChI is InChI=1S/C21H20N4O4/c22-14-5-1-3-12(9-14)10-23-11-13-4-2-6-15-18(13)21(29)25(20(15)28)16-7-8-17(26)24-19(16)27/h1-6,9,16,23H,7-8,10-11,22H2,(H,24,26,27). The van der Waals surface area contributed by atoms with Crippen molar-refractivity contribution in [1.82, 2.24) is 15.5 Å². The quantitative estimate of drug-likeness (QED) is 0.515. The van der Waals surface area contributed by atoms with E-state index in [0.29, 0.717) is 29.9 Å². The zero-order valence-corrected chi connectivity index (χ0v) is 15.6. The molecule has 4 rings (SSSR count). The predicted molar refractivity (Wildman–Crippen MR) is 105 cm³/mol. The van der Waals surface area contributed by atoms with Crippen LogP contribution in [0.15, 0.2) is 42.5 Å². The minimum atomic E-state index is -0.965. The van der Waals surface area contributed by atoms with Crippen molar-refractivity contribution in [3.05, 3.63) is 64.7 Å². The zero-order valence-electron chi connectivity index (χ0n) is 15.6. The molecule has 8 nitrogen and oxygen atoms in total. The van der Waals surface area contributed by atoms with Gasteiger partial charge in [0.05, 0.1) is 11.1 Å². The van der Waals surface area contributed by atoms with Gasteiger partial charge in [0.25, 0.3) is 11.8 Å². The second-order valence-corrected chi connectivity index (χ2v) is 7.14. The molecule has 2 aliphatic heterocycles. The number of nitrogens with two attached hydrogens (primary N) is 1. The molecular formula is C21H20N4O4. The number of anilines is 1. The summed E-state index contributed by atoms with van der Waals surface area (Å²) in [5.41, 5.74) is 8.73. The number of hydrogen-bond donors (Lipinski definition) is 3. The van der Waals surface area contributed by atoms with E-state index in [2.05, 4.69) is 10.6 Å². The monoisotopic (exact) mass is 392 g/mol. The van der Waals surface area contributed by atoms with Crippen LogP contribution in [-0.2, 0) is 22.7 Å². The summed E-state index contributed by atoms with van der Waals surface area (Å²) >= 11 is 0. The van der Waals surface area contributed by atoms with Gasteiger partial charge in [-0.1, -0.05) is 24.3 Å². The van der Waals surface area contributed by atoms with Crippen molar-refractivity contribution in [2.75, 3.05) is 5.73 Å². The van der Waals surface area contributed by atoms with E-state index in [1.807, 2.05) is 18.2 Å². The molecule has 1 unspecified atom stereocenters. The van der Waals surface area contributed by atoms with E-state index in [0.717, 1.165) is 10.5 Å². The Bertz CT molecular complexity index is 1030. The first-order valence-corrected chi connectivity index (χ1v) is 9.34. The Morgan fingerprint density at radius 3 is 2.59 bits per heavy atom. The van der Waals surface area contributed by atoms with Crippen LogP contribution in [-0.4, -0.2) is 34.6 Å². The number of carbonyl (C=O) groups excluding carboxylic acids is 4. The van der Waals surface area contributed by atoms with Crippen molar-refractivity contribution >= 4 is 29.3 Å². The second kappa shape index (κ2) is 7.48. The molecule has 8 heteroatoms. The minimum absolute atomic E-state index is 0.0957. The number of nitrogen functional groups attached to an aromatic ring is 1.